The van der Waals surface area contributed by atoms with E-state index in [1.165, 1.54) is 141 Å². The zero-order valence-electron chi connectivity index (χ0n) is 52.1. The molecule has 3 atom stereocenters. The van der Waals surface area contributed by atoms with Gasteiger partial charge in [0.15, 0.2) is 0 Å². The number of carbonyl (C=O) groups excluding carboxylic acids is 2. The molecular formula is C69H124N2O7P+. The number of likely N-dealkylation sites (N-methyl/N-ethyl adjacent to an activating group) is 1. The van der Waals surface area contributed by atoms with Gasteiger partial charge >= 0.3 is 13.8 Å². The maximum Gasteiger partial charge on any atom is 0.472 e. The minimum Gasteiger partial charge on any atom is -0.456 e. The lowest BCUT2D eigenvalue weighted by Crippen LogP contribution is -2.47. The van der Waals surface area contributed by atoms with Gasteiger partial charge in [0, 0.05) is 12.8 Å². The van der Waals surface area contributed by atoms with Crippen molar-refractivity contribution in [3.63, 3.8) is 0 Å². The average Bonchev–Trinajstić information content (AvgIpc) is 3.41. The maximum atomic E-state index is 13.6. The summed E-state index contributed by atoms with van der Waals surface area (Å²) in [5.41, 5.74) is 0. The largest absolute Gasteiger partial charge is 0.472 e. The first-order valence-corrected chi connectivity index (χ1v) is 34.1. The summed E-state index contributed by atoms with van der Waals surface area (Å²) < 4.78 is 30.7. The third-order valence-corrected chi connectivity index (χ3v) is 15.0. The van der Waals surface area contributed by atoms with Crippen molar-refractivity contribution in [1.29, 1.82) is 0 Å². The molecule has 3 unspecified atom stereocenters. The highest BCUT2D eigenvalue weighted by Gasteiger charge is 2.30. The van der Waals surface area contributed by atoms with Crippen LogP contribution in [0.1, 0.15) is 278 Å². The van der Waals surface area contributed by atoms with Gasteiger partial charge in [0.2, 0.25) is 5.91 Å². The number of amides is 1. The van der Waals surface area contributed by atoms with Crippen LogP contribution in [-0.2, 0) is 27.9 Å². The van der Waals surface area contributed by atoms with Crippen molar-refractivity contribution in [2.24, 2.45) is 0 Å². The van der Waals surface area contributed by atoms with Gasteiger partial charge in [-0.2, -0.15) is 0 Å². The molecule has 2 N–H and O–H groups in total. The molecule has 0 aliphatic carbocycles. The van der Waals surface area contributed by atoms with E-state index in [9.17, 15) is 19.0 Å². The molecule has 10 heteroatoms. The molecule has 0 aliphatic heterocycles. The van der Waals surface area contributed by atoms with Gasteiger partial charge in [0.05, 0.1) is 33.8 Å². The van der Waals surface area contributed by atoms with Crippen LogP contribution in [0.25, 0.3) is 0 Å². The Kier molecular flexibility index (Phi) is 55.9. The van der Waals surface area contributed by atoms with Gasteiger partial charge in [-0.3, -0.25) is 18.6 Å². The van der Waals surface area contributed by atoms with Gasteiger partial charge in [-0.1, -0.05) is 266 Å². The van der Waals surface area contributed by atoms with E-state index in [0.717, 1.165) is 96.3 Å². The number of esters is 1. The van der Waals surface area contributed by atoms with Crippen molar-refractivity contribution in [3.8, 4) is 0 Å². The number of allylic oxidation sites excluding steroid dienone is 15. The first-order chi connectivity index (χ1) is 38.4. The first-order valence-electron chi connectivity index (χ1n) is 32.6. The van der Waals surface area contributed by atoms with Gasteiger partial charge in [-0.15, -0.1) is 0 Å². The van der Waals surface area contributed by atoms with Gasteiger partial charge in [-0.05, 0) is 96.0 Å². The number of hydrogen-bond donors (Lipinski definition) is 2. The van der Waals surface area contributed by atoms with E-state index < -0.39 is 25.9 Å². The number of hydrogen-bond acceptors (Lipinski definition) is 6. The second-order valence-electron chi connectivity index (χ2n) is 22.9. The summed E-state index contributed by atoms with van der Waals surface area (Å²) in [5.74, 6) is -0.587. The molecule has 0 bridgehead atoms. The van der Waals surface area contributed by atoms with E-state index in [0.29, 0.717) is 23.9 Å². The van der Waals surface area contributed by atoms with Crippen LogP contribution >= 0.6 is 7.82 Å². The summed E-state index contributed by atoms with van der Waals surface area (Å²) in [4.78, 5) is 37.7. The second kappa shape index (κ2) is 58.1. The van der Waals surface area contributed by atoms with E-state index in [1.54, 1.807) is 0 Å². The monoisotopic (exact) mass is 1120 g/mol. The van der Waals surface area contributed by atoms with E-state index >= 15 is 0 Å². The molecule has 0 rings (SSSR count). The molecule has 0 radical (unpaired) electrons. The molecule has 0 saturated heterocycles. The molecule has 456 valence electrons. The van der Waals surface area contributed by atoms with Crippen molar-refractivity contribution >= 4 is 19.7 Å². The minimum absolute atomic E-state index is 0.0288. The molecule has 79 heavy (non-hydrogen) atoms. The van der Waals surface area contributed by atoms with Crippen molar-refractivity contribution in [2.45, 2.75) is 290 Å². The lowest BCUT2D eigenvalue weighted by Gasteiger charge is -2.27. The normalized spacial score (nSPS) is 14.3. The predicted molar refractivity (Wildman–Crippen MR) is 341 cm³/mol. The fourth-order valence-electron chi connectivity index (χ4n) is 9.02. The molecule has 0 aromatic rings. The van der Waals surface area contributed by atoms with E-state index in [2.05, 4.69) is 105 Å². The molecule has 0 aromatic carbocycles. The van der Waals surface area contributed by atoms with E-state index in [-0.39, 0.29) is 25.5 Å². The molecule has 0 saturated carbocycles. The number of nitrogens with one attached hydrogen (secondary N) is 1. The Morgan fingerprint density at radius 2 is 0.823 bits per heavy atom. The molecule has 0 aliphatic rings. The molecule has 0 aromatic heterocycles. The molecule has 0 heterocycles. The van der Waals surface area contributed by atoms with Gasteiger partial charge in [0.25, 0.3) is 0 Å². The molecule has 1 amide bonds. The fourth-order valence-corrected chi connectivity index (χ4v) is 9.76. The van der Waals surface area contributed by atoms with Crippen molar-refractivity contribution < 1.29 is 37.3 Å². The quantitative estimate of drug-likeness (QED) is 0.0205. The van der Waals surface area contributed by atoms with Crippen LogP contribution in [0.4, 0.5) is 0 Å². The Balaban J connectivity index is 5.14. The zero-order chi connectivity index (χ0) is 57.9. The third kappa shape index (κ3) is 59.4. The standard InChI is InChI=1S/C69H123N2O7P/c1-7-10-13-16-19-22-25-28-29-30-31-32-33-34-35-36-37-38-39-40-41-44-46-49-52-55-58-61-68(72)70-66(65-77-79(74,75)76-64-63-71(4,5)6)67(60-57-54-51-48-45-42-26-23-20-17-14-11-8-2)78-69(73)62-59-56-53-50-47-43-27-24-21-18-15-12-9-3/h10,13,19,22,28-29,31-32,34-35,43,47,53,56-57,60,66-67H,7-9,11-12,14-18,20-21,23-27,30,33,36-42,44-46,48-52,54-55,58-59,61-65H2,1-6H3,(H-,70,72,74,75)/p+1/b13-10-,22-19-,29-28-,32-31-,35-34-,47-43-,56-53+,60-57-. The smallest absolute Gasteiger partial charge is 0.456 e. The Labute approximate surface area is 488 Å². The van der Waals surface area contributed by atoms with Gasteiger partial charge in [-0.25, -0.2) is 4.57 Å². The Morgan fingerprint density at radius 3 is 1.24 bits per heavy atom. The number of phosphoric ester groups is 1. The summed E-state index contributed by atoms with van der Waals surface area (Å²) in [7, 11) is 1.46. The predicted octanol–water partition coefficient (Wildman–Crippen LogP) is 20.3. The van der Waals surface area contributed by atoms with Crippen LogP contribution in [0.3, 0.4) is 0 Å². The van der Waals surface area contributed by atoms with Crippen molar-refractivity contribution in [2.75, 3.05) is 40.9 Å². The summed E-state index contributed by atoms with van der Waals surface area (Å²) in [6.07, 6.45) is 78.6. The second-order valence-corrected chi connectivity index (χ2v) is 24.4. The van der Waals surface area contributed by atoms with Crippen LogP contribution in [0.15, 0.2) is 97.2 Å². The molecule has 9 nitrogen and oxygen atoms in total. The lowest BCUT2D eigenvalue weighted by molar-refractivity contribution is -0.870. The molecular weight excluding hydrogens is 1000 g/mol. The topological polar surface area (TPSA) is 111 Å². The Morgan fingerprint density at radius 1 is 0.456 bits per heavy atom. The summed E-state index contributed by atoms with van der Waals surface area (Å²) in [5, 5.41) is 3.04. The minimum atomic E-state index is -4.47. The van der Waals surface area contributed by atoms with E-state index in [1.807, 2.05) is 39.4 Å². The Bertz CT molecular complexity index is 1670. The third-order valence-electron chi connectivity index (χ3n) is 14.0. The van der Waals surface area contributed by atoms with Crippen molar-refractivity contribution in [3.05, 3.63) is 97.2 Å². The summed E-state index contributed by atoms with van der Waals surface area (Å²) in [6.45, 7) is 6.86. The number of rotatable bonds is 58. The fraction of sp³-hybridized carbons (Fsp3) is 0.739. The van der Waals surface area contributed by atoms with Gasteiger partial charge in [0.1, 0.15) is 19.3 Å². The number of nitrogens with zero attached hydrogens (tertiary/aromatic N) is 1. The summed E-state index contributed by atoms with van der Waals surface area (Å²) >= 11 is 0. The highest BCUT2D eigenvalue weighted by atomic mass is 31.2. The number of phosphoric acid groups is 1. The highest BCUT2D eigenvalue weighted by molar-refractivity contribution is 7.47. The van der Waals surface area contributed by atoms with Crippen molar-refractivity contribution in [1.82, 2.24) is 5.32 Å². The summed E-state index contributed by atoms with van der Waals surface area (Å²) in [6, 6.07) is -0.877. The highest BCUT2D eigenvalue weighted by Crippen LogP contribution is 2.43. The van der Waals surface area contributed by atoms with Crippen LogP contribution in [0.5, 0.6) is 0 Å². The number of unbranched alkanes of at least 4 members (excludes halogenated alkanes) is 28. The number of ether oxygens (including phenoxy) is 1. The SMILES string of the molecule is CC/C=C\C/C=C\C/C=C\C/C=C\C/C=C\CCCCCCCCCCCCCC(=O)NC(COP(=O)(O)OCC[N+](C)(C)C)C(/C=C\CCCCCCCCCCCCC)OC(=O)CC/C=C/C/C=C\CCCCCCCC. The lowest BCUT2D eigenvalue weighted by atomic mass is 10.0. The van der Waals surface area contributed by atoms with Crippen LogP contribution in [0.2, 0.25) is 0 Å². The number of carbonyl (C=O) groups is 2. The van der Waals surface area contributed by atoms with Gasteiger partial charge < -0.3 is 19.4 Å². The number of quaternary nitrogens is 1. The maximum absolute atomic E-state index is 13.6. The first kappa shape index (κ1) is 75.9. The average molecular weight is 1120 g/mol. The zero-order valence-corrected chi connectivity index (χ0v) is 53.0. The van der Waals surface area contributed by atoms with Crippen LogP contribution in [-0.4, -0.2) is 74.3 Å². The Hall–Kier alpha value is -3.07. The molecule has 0 spiro atoms. The van der Waals surface area contributed by atoms with E-state index in [4.69, 9.17) is 13.8 Å². The van der Waals surface area contributed by atoms with Crippen LogP contribution < -0.4 is 5.32 Å². The molecule has 0 fully saturated rings. The van der Waals surface area contributed by atoms with Crippen LogP contribution in [0, 0.1) is 0 Å².